The molecule has 2 N–H and O–H groups in total. The minimum absolute atomic E-state index is 0.0968. The highest BCUT2D eigenvalue weighted by atomic mass is 16.5. The smallest absolute Gasteiger partial charge is 0.234 e. The van der Waals surface area contributed by atoms with E-state index in [9.17, 15) is 0 Å². The maximum absolute atomic E-state index is 6.02. The quantitative estimate of drug-likeness (QED) is 0.924. The van der Waals surface area contributed by atoms with Crippen molar-refractivity contribution in [3.05, 3.63) is 11.7 Å². The predicted molar refractivity (Wildman–Crippen MR) is 79.8 cm³/mol. The molecule has 2 aliphatic rings. The third-order valence-electron chi connectivity index (χ3n) is 5.59. The normalized spacial score (nSPS) is 32.4. The van der Waals surface area contributed by atoms with E-state index in [-0.39, 0.29) is 11.0 Å². The Morgan fingerprint density at radius 3 is 2.67 bits per heavy atom. The van der Waals surface area contributed by atoms with Crippen molar-refractivity contribution in [2.45, 2.75) is 69.3 Å². The summed E-state index contributed by atoms with van der Waals surface area (Å²) in [5, 5.41) is 4.29. The van der Waals surface area contributed by atoms with E-state index in [1.165, 1.54) is 19.3 Å². The van der Waals surface area contributed by atoms with Gasteiger partial charge in [-0.15, -0.1) is 0 Å². The first-order valence-corrected chi connectivity index (χ1v) is 8.24. The van der Waals surface area contributed by atoms with Crippen molar-refractivity contribution in [1.82, 2.24) is 10.1 Å². The molecule has 21 heavy (non-hydrogen) atoms. The van der Waals surface area contributed by atoms with Gasteiger partial charge in [0.2, 0.25) is 11.7 Å². The summed E-state index contributed by atoms with van der Waals surface area (Å²) < 4.78 is 11.5. The van der Waals surface area contributed by atoms with Crippen LogP contribution in [0.25, 0.3) is 0 Å². The van der Waals surface area contributed by atoms with Crippen LogP contribution in [-0.2, 0) is 15.8 Å². The van der Waals surface area contributed by atoms with Crippen molar-refractivity contribution in [2.75, 3.05) is 13.7 Å². The van der Waals surface area contributed by atoms with Crippen molar-refractivity contribution < 1.29 is 9.26 Å². The average Bonchev–Trinajstić information content (AvgIpc) is 3.17. The summed E-state index contributed by atoms with van der Waals surface area (Å²) in [4.78, 5) is 4.75. The van der Waals surface area contributed by atoms with E-state index in [0.717, 1.165) is 43.8 Å². The minimum Gasteiger partial charge on any atom is -0.370 e. The van der Waals surface area contributed by atoms with Gasteiger partial charge in [-0.2, -0.15) is 4.98 Å². The molecular formula is C16H27N3O2. The third-order valence-corrected chi connectivity index (χ3v) is 5.59. The maximum atomic E-state index is 6.02. The molecule has 0 spiro atoms. The second-order valence-corrected chi connectivity index (χ2v) is 7.01. The number of hydrogen-bond acceptors (Lipinski definition) is 5. The molecule has 3 rings (SSSR count). The highest BCUT2D eigenvalue weighted by Gasteiger charge is 2.44. The fourth-order valence-corrected chi connectivity index (χ4v) is 4.16. The van der Waals surface area contributed by atoms with Gasteiger partial charge in [-0.3, -0.25) is 0 Å². The zero-order chi connectivity index (χ0) is 14.9. The summed E-state index contributed by atoms with van der Waals surface area (Å²) in [7, 11) is 1.77. The first kappa shape index (κ1) is 15.0. The molecule has 1 aromatic heterocycles. The van der Waals surface area contributed by atoms with Crippen LogP contribution in [0.2, 0.25) is 0 Å². The van der Waals surface area contributed by atoms with Crippen molar-refractivity contribution >= 4 is 0 Å². The van der Waals surface area contributed by atoms with Gasteiger partial charge in [0.1, 0.15) is 5.60 Å². The van der Waals surface area contributed by atoms with E-state index in [4.69, 9.17) is 20.0 Å². The molecular weight excluding hydrogens is 266 g/mol. The topological polar surface area (TPSA) is 74.2 Å². The molecule has 2 aliphatic carbocycles. The molecule has 0 aliphatic heterocycles. The lowest BCUT2D eigenvalue weighted by atomic mass is 9.78. The summed E-state index contributed by atoms with van der Waals surface area (Å²) in [5.41, 5.74) is 5.55. The van der Waals surface area contributed by atoms with Crippen molar-refractivity contribution in [2.24, 2.45) is 11.7 Å². The van der Waals surface area contributed by atoms with Crippen LogP contribution in [0.4, 0.5) is 0 Å². The van der Waals surface area contributed by atoms with E-state index >= 15 is 0 Å². The van der Waals surface area contributed by atoms with Crippen LogP contribution in [-0.4, -0.2) is 23.8 Å². The number of methoxy groups -OCH3 is 1. The van der Waals surface area contributed by atoms with Gasteiger partial charge >= 0.3 is 0 Å². The summed E-state index contributed by atoms with van der Waals surface area (Å²) in [6.07, 6.45) is 8.86. The van der Waals surface area contributed by atoms with Crippen molar-refractivity contribution in [3.8, 4) is 0 Å². The van der Waals surface area contributed by atoms with Gasteiger partial charge < -0.3 is 15.0 Å². The first-order chi connectivity index (χ1) is 10.1. The Morgan fingerprint density at radius 2 is 2.05 bits per heavy atom. The van der Waals surface area contributed by atoms with Gasteiger partial charge in [0.25, 0.3) is 0 Å². The first-order valence-electron chi connectivity index (χ1n) is 8.24. The third kappa shape index (κ3) is 2.50. The van der Waals surface area contributed by atoms with Gasteiger partial charge in [-0.25, -0.2) is 0 Å². The summed E-state index contributed by atoms with van der Waals surface area (Å²) in [6.45, 7) is 2.86. The molecule has 1 heterocycles. The van der Waals surface area contributed by atoms with E-state index in [2.05, 4.69) is 12.1 Å². The zero-order valence-electron chi connectivity index (χ0n) is 13.2. The summed E-state index contributed by atoms with van der Waals surface area (Å²) >= 11 is 0. The average molecular weight is 293 g/mol. The molecule has 2 fully saturated rings. The van der Waals surface area contributed by atoms with Gasteiger partial charge in [-0.1, -0.05) is 31.3 Å². The number of aromatic nitrogens is 2. The number of ether oxygens (including phenoxy) is 1. The largest absolute Gasteiger partial charge is 0.370 e. The lowest BCUT2D eigenvalue weighted by molar-refractivity contribution is -0.0658. The van der Waals surface area contributed by atoms with Gasteiger partial charge in [0.05, 0.1) is 5.41 Å². The second kappa shape index (κ2) is 5.69. The predicted octanol–water partition coefficient (Wildman–Crippen LogP) is 2.89. The molecule has 0 radical (unpaired) electrons. The molecule has 0 amide bonds. The number of rotatable bonds is 4. The van der Waals surface area contributed by atoms with Crippen LogP contribution in [0.1, 0.15) is 70.0 Å². The fraction of sp³-hybridized carbons (Fsp3) is 0.875. The minimum atomic E-state index is -0.367. The molecule has 2 saturated carbocycles. The van der Waals surface area contributed by atoms with E-state index in [0.29, 0.717) is 12.5 Å². The fourth-order valence-electron chi connectivity index (χ4n) is 4.16. The van der Waals surface area contributed by atoms with Crippen molar-refractivity contribution in [3.63, 3.8) is 0 Å². The molecule has 5 nitrogen and oxygen atoms in total. The Hall–Kier alpha value is -0.940. The Bertz CT molecular complexity index is 482. The van der Waals surface area contributed by atoms with Crippen LogP contribution in [0.15, 0.2) is 4.52 Å². The van der Waals surface area contributed by atoms with E-state index < -0.39 is 0 Å². The number of nitrogens with two attached hydrogens (primary N) is 1. The van der Waals surface area contributed by atoms with Crippen LogP contribution < -0.4 is 5.73 Å². The lowest BCUT2D eigenvalue weighted by Gasteiger charge is -2.36. The van der Waals surface area contributed by atoms with Crippen LogP contribution in [0, 0.1) is 5.92 Å². The molecule has 5 heteroatoms. The lowest BCUT2D eigenvalue weighted by Crippen LogP contribution is -2.36. The van der Waals surface area contributed by atoms with Gasteiger partial charge in [0, 0.05) is 13.7 Å². The Balaban J connectivity index is 1.89. The highest BCUT2D eigenvalue weighted by Crippen LogP contribution is 2.44. The Labute approximate surface area is 126 Å². The van der Waals surface area contributed by atoms with Crippen molar-refractivity contribution in [1.29, 1.82) is 0 Å². The van der Waals surface area contributed by atoms with E-state index in [1.54, 1.807) is 7.11 Å². The van der Waals surface area contributed by atoms with Crippen LogP contribution in [0.5, 0.6) is 0 Å². The molecule has 118 valence electrons. The Morgan fingerprint density at radius 1 is 1.29 bits per heavy atom. The standard InChI is InChI=1S/C16H27N3O2/c1-12-6-5-9-16(10-12,20-2)13-18-14(21-19-13)15(11-17)7-3-4-8-15/h12H,3-11,17H2,1-2H3. The van der Waals surface area contributed by atoms with Crippen LogP contribution in [0.3, 0.4) is 0 Å². The van der Waals surface area contributed by atoms with E-state index in [1.807, 2.05) is 0 Å². The number of hydrogen-bond donors (Lipinski definition) is 1. The maximum Gasteiger partial charge on any atom is 0.234 e. The zero-order valence-corrected chi connectivity index (χ0v) is 13.2. The molecule has 0 saturated heterocycles. The highest BCUT2D eigenvalue weighted by molar-refractivity contribution is 5.12. The van der Waals surface area contributed by atoms with Gasteiger partial charge in [0.15, 0.2) is 0 Å². The van der Waals surface area contributed by atoms with Crippen LogP contribution >= 0.6 is 0 Å². The second-order valence-electron chi connectivity index (χ2n) is 7.01. The summed E-state index contributed by atoms with van der Waals surface area (Å²) in [5.74, 6) is 2.09. The molecule has 1 aromatic rings. The molecule has 2 unspecified atom stereocenters. The molecule has 2 atom stereocenters. The molecule has 0 aromatic carbocycles. The monoisotopic (exact) mass is 293 g/mol. The SMILES string of the molecule is COC1(c2noc(C3(CN)CCCC3)n2)CCCC(C)C1. The molecule has 0 bridgehead atoms. The Kier molecular flexibility index (Phi) is 4.06. The number of nitrogens with zero attached hydrogens (tertiary/aromatic N) is 2. The summed E-state index contributed by atoms with van der Waals surface area (Å²) in [6, 6.07) is 0. The van der Waals surface area contributed by atoms with Gasteiger partial charge in [-0.05, 0) is 38.0 Å².